The third kappa shape index (κ3) is 3.49. The van der Waals surface area contributed by atoms with Gasteiger partial charge in [-0.3, -0.25) is 5.01 Å². The van der Waals surface area contributed by atoms with Gasteiger partial charge in [0.25, 0.3) is 0 Å². The van der Waals surface area contributed by atoms with Crippen LogP contribution in [0.25, 0.3) is 0 Å². The topological polar surface area (TPSA) is 34.1 Å². The summed E-state index contributed by atoms with van der Waals surface area (Å²) in [6, 6.07) is 6.84. The molecule has 1 aliphatic rings. The standard InChI is InChI=1S/C17H26N2O2/c1-12-7-6-8-13(2)19(12)18-14(3)16-10-9-15(20-4)11-17(16)21-5/h9-13H,6-8H2,1-5H3/b18-14+. The van der Waals surface area contributed by atoms with Crippen molar-refractivity contribution in [1.82, 2.24) is 5.01 Å². The lowest BCUT2D eigenvalue weighted by Crippen LogP contribution is -2.40. The molecule has 1 saturated heterocycles. The molecule has 0 aromatic heterocycles. The maximum Gasteiger partial charge on any atom is 0.131 e. The second kappa shape index (κ2) is 6.83. The average Bonchev–Trinajstić information content (AvgIpc) is 2.50. The van der Waals surface area contributed by atoms with Gasteiger partial charge in [-0.25, -0.2) is 0 Å². The first-order chi connectivity index (χ1) is 10.1. The number of ether oxygens (including phenoxy) is 2. The smallest absolute Gasteiger partial charge is 0.131 e. The molecule has 0 aliphatic carbocycles. The molecule has 1 aliphatic heterocycles. The SMILES string of the molecule is COc1ccc(/C(C)=N/N2C(C)CCCC2C)c(OC)c1. The number of hydrogen-bond acceptors (Lipinski definition) is 4. The predicted octanol–water partition coefficient (Wildman–Crippen LogP) is 3.69. The zero-order valence-electron chi connectivity index (χ0n) is 13.7. The Bertz CT molecular complexity index is 504. The quantitative estimate of drug-likeness (QED) is 0.793. The lowest BCUT2D eigenvalue weighted by molar-refractivity contribution is 0.108. The van der Waals surface area contributed by atoms with E-state index < -0.39 is 0 Å². The molecular formula is C17H26N2O2. The molecule has 4 nitrogen and oxygen atoms in total. The van der Waals surface area contributed by atoms with Crippen molar-refractivity contribution in [3.8, 4) is 11.5 Å². The molecule has 1 aromatic rings. The van der Waals surface area contributed by atoms with E-state index in [1.807, 2.05) is 25.1 Å². The van der Waals surface area contributed by atoms with E-state index in [2.05, 4.69) is 18.9 Å². The summed E-state index contributed by atoms with van der Waals surface area (Å²) in [4.78, 5) is 0. The highest BCUT2D eigenvalue weighted by Crippen LogP contribution is 2.27. The molecule has 116 valence electrons. The van der Waals surface area contributed by atoms with Crippen LogP contribution < -0.4 is 9.47 Å². The predicted molar refractivity (Wildman–Crippen MR) is 86.4 cm³/mol. The minimum absolute atomic E-state index is 0.493. The summed E-state index contributed by atoms with van der Waals surface area (Å²) in [7, 11) is 3.34. The Balaban J connectivity index is 2.29. The number of piperidine rings is 1. The van der Waals surface area contributed by atoms with Crippen molar-refractivity contribution in [2.45, 2.75) is 52.1 Å². The van der Waals surface area contributed by atoms with Gasteiger partial charge in [-0.15, -0.1) is 0 Å². The second-order valence-electron chi connectivity index (χ2n) is 5.76. The first-order valence-electron chi connectivity index (χ1n) is 7.62. The highest BCUT2D eigenvalue weighted by molar-refractivity contribution is 6.01. The van der Waals surface area contributed by atoms with Gasteiger partial charge in [0.2, 0.25) is 0 Å². The van der Waals surface area contributed by atoms with Crippen LogP contribution in [0.1, 0.15) is 45.6 Å². The Morgan fingerprint density at radius 3 is 2.38 bits per heavy atom. The molecule has 2 rings (SSSR count). The lowest BCUT2D eigenvalue weighted by atomic mass is 10.00. The fourth-order valence-electron chi connectivity index (χ4n) is 2.93. The molecule has 0 radical (unpaired) electrons. The molecule has 0 spiro atoms. The Morgan fingerprint density at radius 1 is 1.14 bits per heavy atom. The number of benzene rings is 1. The number of hydrogen-bond donors (Lipinski definition) is 0. The van der Waals surface area contributed by atoms with E-state index in [0.29, 0.717) is 12.1 Å². The molecule has 4 heteroatoms. The number of hydrazone groups is 1. The van der Waals surface area contributed by atoms with Gasteiger partial charge in [0.05, 0.1) is 19.9 Å². The second-order valence-corrected chi connectivity index (χ2v) is 5.76. The zero-order valence-corrected chi connectivity index (χ0v) is 13.7. The van der Waals surface area contributed by atoms with Gasteiger partial charge in [-0.2, -0.15) is 5.10 Å². The summed E-state index contributed by atoms with van der Waals surface area (Å²) in [5, 5.41) is 7.10. The van der Waals surface area contributed by atoms with Crippen molar-refractivity contribution in [2.75, 3.05) is 14.2 Å². The minimum atomic E-state index is 0.493. The molecule has 1 aromatic carbocycles. The first-order valence-corrected chi connectivity index (χ1v) is 7.62. The summed E-state index contributed by atoms with van der Waals surface area (Å²) in [6.45, 7) is 6.54. The van der Waals surface area contributed by atoms with Crippen molar-refractivity contribution in [3.63, 3.8) is 0 Å². The number of methoxy groups -OCH3 is 2. The van der Waals surface area contributed by atoms with Crippen molar-refractivity contribution >= 4 is 5.71 Å². The van der Waals surface area contributed by atoms with Gasteiger partial charge in [-0.05, 0) is 52.2 Å². The summed E-state index contributed by atoms with van der Waals surface area (Å²) in [6.07, 6.45) is 3.71. The van der Waals surface area contributed by atoms with Crippen molar-refractivity contribution in [2.24, 2.45) is 5.10 Å². The highest BCUT2D eigenvalue weighted by atomic mass is 16.5. The summed E-state index contributed by atoms with van der Waals surface area (Å²) in [5.74, 6) is 1.59. The van der Waals surface area contributed by atoms with Crippen LogP contribution in [0.4, 0.5) is 0 Å². The Labute approximate surface area is 127 Å². The van der Waals surface area contributed by atoms with Crippen LogP contribution in [0.2, 0.25) is 0 Å². The molecule has 1 heterocycles. The number of nitrogens with zero attached hydrogens (tertiary/aromatic N) is 2. The fraction of sp³-hybridized carbons (Fsp3) is 0.588. The van der Waals surface area contributed by atoms with Gasteiger partial charge >= 0.3 is 0 Å². The van der Waals surface area contributed by atoms with Crippen LogP contribution in [0.5, 0.6) is 11.5 Å². The van der Waals surface area contributed by atoms with Crippen LogP contribution in [0.3, 0.4) is 0 Å². The molecule has 2 atom stereocenters. The van der Waals surface area contributed by atoms with Crippen LogP contribution in [-0.2, 0) is 0 Å². The monoisotopic (exact) mass is 290 g/mol. The fourth-order valence-corrected chi connectivity index (χ4v) is 2.93. The van der Waals surface area contributed by atoms with Gasteiger partial charge < -0.3 is 9.47 Å². The maximum absolute atomic E-state index is 5.47. The van der Waals surface area contributed by atoms with Gasteiger partial charge in [0, 0.05) is 23.7 Å². The summed E-state index contributed by atoms with van der Waals surface area (Å²) >= 11 is 0. The number of rotatable bonds is 4. The van der Waals surface area contributed by atoms with Crippen molar-refractivity contribution in [3.05, 3.63) is 23.8 Å². The Morgan fingerprint density at radius 2 is 1.81 bits per heavy atom. The Kier molecular flexibility index (Phi) is 5.10. The molecule has 0 amide bonds. The molecule has 0 N–H and O–H groups in total. The lowest BCUT2D eigenvalue weighted by Gasteiger charge is -2.37. The van der Waals surface area contributed by atoms with E-state index in [4.69, 9.17) is 14.6 Å². The third-order valence-corrected chi connectivity index (χ3v) is 4.21. The normalized spacial score (nSPS) is 23.1. The molecular weight excluding hydrogens is 264 g/mol. The van der Waals surface area contributed by atoms with E-state index in [1.165, 1.54) is 19.3 Å². The van der Waals surface area contributed by atoms with Crippen molar-refractivity contribution in [1.29, 1.82) is 0 Å². The maximum atomic E-state index is 5.47. The molecule has 0 saturated carbocycles. The van der Waals surface area contributed by atoms with Gasteiger partial charge in [0.15, 0.2) is 0 Å². The largest absolute Gasteiger partial charge is 0.497 e. The minimum Gasteiger partial charge on any atom is -0.497 e. The molecule has 21 heavy (non-hydrogen) atoms. The van der Waals surface area contributed by atoms with E-state index in [1.54, 1.807) is 14.2 Å². The summed E-state index contributed by atoms with van der Waals surface area (Å²) in [5.41, 5.74) is 2.00. The summed E-state index contributed by atoms with van der Waals surface area (Å²) < 4.78 is 10.7. The van der Waals surface area contributed by atoms with Gasteiger partial charge in [-0.1, -0.05) is 0 Å². The molecule has 1 fully saturated rings. The van der Waals surface area contributed by atoms with Crippen LogP contribution in [0.15, 0.2) is 23.3 Å². The Hall–Kier alpha value is -1.71. The van der Waals surface area contributed by atoms with E-state index in [-0.39, 0.29) is 0 Å². The van der Waals surface area contributed by atoms with E-state index >= 15 is 0 Å². The van der Waals surface area contributed by atoms with E-state index in [9.17, 15) is 0 Å². The van der Waals surface area contributed by atoms with Gasteiger partial charge in [0.1, 0.15) is 11.5 Å². The first kappa shape index (κ1) is 15.7. The third-order valence-electron chi connectivity index (χ3n) is 4.21. The average molecular weight is 290 g/mol. The van der Waals surface area contributed by atoms with Crippen molar-refractivity contribution < 1.29 is 9.47 Å². The zero-order chi connectivity index (χ0) is 15.4. The highest BCUT2D eigenvalue weighted by Gasteiger charge is 2.23. The van der Waals surface area contributed by atoms with E-state index in [0.717, 1.165) is 22.8 Å². The van der Waals surface area contributed by atoms with Crippen LogP contribution in [0, 0.1) is 0 Å². The van der Waals surface area contributed by atoms with Crippen LogP contribution >= 0.6 is 0 Å². The molecule has 0 bridgehead atoms. The molecule has 2 unspecified atom stereocenters. The van der Waals surface area contributed by atoms with Crippen LogP contribution in [-0.4, -0.2) is 37.0 Å².